The number of ketones is 1. The number of H-pyrrole nitrogens is 1. The van der Waals surface area contributed by atoms with Gasteiger partial charge in [0.15, 0.2) is 11.9 Å². The van der Waals surface area contributed by atoms with Gasteiger partial charge in [0, 0.05) is 6.42 Å². The van der Waals surface area contributed by atoms with E-state index in [2.05, 4.69) is 5.10 Å². The number of Topliss-reactive ketones (excluding diaryl/α,β-unsaturated/α-hetero) is 1. The Bertz CT molecular complexity index is 531. The number of hydrogen-bond acceptors (Lipinski definition) is 2. The van der Waals surface area contributed by atoms with Gasteiger partial charge in [-0.15, -0.1) is 0 Å². The van der Waals surface area contributed by atoms with Crippen LogP contribution < -0.4 is 0 Å². The lowest BCUT2D eigenvalue weighted by Gasteiger charge is -2.17. The summed E-state index contributed by atoms with van der Waals surface area (Å²) in [5.41, 5.74) is -2.04. The van der Waals surface area contributed by atoms with E-state index in [1.54, 1.807) is 0 Å². The minimum atomic E-state index is -4.72. The van der Waals surface area contributed by atoms with E-state index in [-0.39, 0.29) is 12.1 Å². The van der Waals surface area contributed by atoms with Crippen LogP contribution in [0.3, 0.4) is 0 Å². The predicted molar refractivity (Wildman–Crippen MR) is 64.8 cm³/mol. The van der Waals surface area contributed by atoms with Gasteiger partial charge < -0.3 is 0 Å². The summed E-state index contributed by atoms with van der Waals surface area (Å²) in [5.74, 6) is -1.14. The SMILES string of the molecule is FC1CCCCC1F.O=C1c2c(C(F)(F)F)n[nH]c2CC1F. The van der Waals surface area contributed by atoms with Gasteiger partial charge in [0.2, 0.25) is 5.78 Å². The maximum Gasteiger partial charge on any atom is 0.435 e. The normalized spacial score (nSPS) is 28.1. The number of rotatable bonds is 0. The largest absolute Gasteiger partial charge is 0.435 e. The van der Waals surface area contributed by atoms with Crippen molar-refractivity contribution < 1.29 is 31.1 Å². The van der Waals surface area contributed by atoms with Gasteiger partial charge in [-0.3, -0.25) is 9.89 Å². The number of aromatic nitrogens is 2. The van der Waals surface area contributed by atoms with Gasteiger partial charge in [-0.2, -0.15) is 18.3 Å². The maximum absolute atomic E-state index is 12.7. The van der Waals surface area contributed by atoms with Crippen LogP contribution in [-0.4, -0.2) is 34.5 Å². The number of carbonyl (C=O) groups excluding carboxylic acids is 1. The average molecular weight is 328 g/mol. The first-order valence-corrected chi connectivity index (χ1v) is 6.82. The standard InChI is InChI=1S/C7H4F4N2O.C6H10F2/c8-2-1-3-4(5(2)14)6(13-12-3)7(9,10)11;7-5-3-1-2-4-6(5)8/h2H,1H2,(H,12,13);5-6H,1-4H2. The lowest BCUT2D eigenvalue weighted by atomic mass is 9.97. The molecule has 1 N–H and O–H groups in total. The molecule has 0 spiro atoms. The summed E-state index contributed by atoms with van der Waals surface area (Å²) in [6.45, 7) is 0. The Kier molecular flexibility index (Phi) is 4.81. The van der Waals surface area contributed by atoms with Crippen molar-refractivity contribution in [3.63, 3.8) is 0 Å². The summed E-state index contributed by atoms with van der Waals surface area (Å²) in [4.78, 5) is 11.0. The van der Waals surface area contributed by atoms with E-state index >= 15 is 0 Å². The molecule has 0 bridgehead atoms. The fraction of sp³-hybridized carbons (Fsp3) is 0.692. The van der Waals surface area contributed by atoms with Gasteiger partial charge in [0.1, 0.15) is 12.3 Å². The third-order valence-corrected chi connectivity index (χ3v) is 3.63. The van der Waals surface area contributed by atoms with Gasteiger partial charge in [-0.05, 0) is 12.8 Å². The second-order valence-corrected chi connectivity index (χ2v) is 5.28. The molecule has 0 aliphatic heterocycles. The first-order chi connectivity index (χ1) is 10.2. The molecule has 9 heteroatoms. The summed E-state index contributed by atoms with van der Waals surface area (Å²) in [5, 5.41) is 4.98. The zero-order valence-corrected chi connectivity index (χ0v) is 11.4. The Labute approximate surface area is 122 Å². The molecule has 3 atom stereocenters. The van der Waals surface area contributed by atoms with Crippen LogP contribution in [-0.2, 0) is 12.6 Å². The number of alkyl halides is 6. The van der Waals surface area contributed by atoms with Crippen molar-refractivity contribution in [2.45, 2.75) is 56.8 Å². The molecular weight excluding hydrogens is 314 g/mol. The highest BCUT2D eigenvalue weighted by atomic mass is 19.4. The van der Waals surface area contributed by atoms with Gasteiger partial charge in [-0.25, -0.2) is 13.2 Å². The number of aromatic amines is 1. The lowest BCUT2D eigenvalue weighted by Crippen LogP contribution is -2.21. The van der Waals surface area contributed by atoms with E-state index in [0.29, 0.717) is 12.8 Å². The van der Waals surface area contributed by atoms with Crippen LogP contribution in [0.25, 0.3) is 0 Å². The highest BCUT2D eigenvalue weighted by Gasteiger charge is 2.45. The topological polar surface area (TPSA) is 45.8 Å². The summed E-state index contributed by atoms with van der Waals surface area (Å²) < 4.78 is 73.8. The van der Waals surface area contributed by atoms with Gasteiger partial charge in [0.25, 0.3) is 0 Å². The molecule has 22 heavy (non-hydrogen) atoms. The Hall–Kier alpha value is -1.54. The van der Waals surface area contributed by atoms with Crippen molar-refractivity contribution in [1.82, 2.24) is 10.2 Å². The molecule has 0 radical (unpaired) electrons. The van der Waals surface area contributed by atoms with E-state index in [4.69, 9.17) is 0 Å². The molecule has 0 saturated heterocycles. The maximum atomic E-state index is 12.7. The molecule has 2 aliphatic rings. The van der Waals surface area contributed by atoms with Crippen molar-refractivity contribution >= 4 is 5.78 Å². The Balaban J connectivity index is 0.000000188. The molecule has 124 valence electrons. The van der Waals surface area contributed by atoms with E-state index < -0.39 is 41.7 Å². The molecule has 0 aromatic carbocycles. The van der Waals surface area contributed by atoms with Crippen LogP contribution >= 0.6 is 0 Å². The summed E-state index contributed by atoms with van der Waals surface area (Å²) in [6.07, 6.45) is -6.68. The summed E-state index contributed by atoms with van der Waals surface area (Å²) in [6, 6.07) is 0. The number of hydrogen-bond donors (Lipinski definition) is 1. The van der Waals surface area contributed by atoms with Gasteiger partial charge in [0.05, 0.1) is 11.3 Å². The quantitative estimate of drug-likeness (QED) is 0.738. The minimum absolute atomic E-state index is 0.0742. The van der Waals surface area contributed by atoms with Crippen LogP contribution in [0.1, 0.15) is 47.4 Å². The zero-order chi connectivity index (χ0) is 16.5. The molecular formula is C13H14F6N2O. The molecule has 3 rings (SSSR count). The molecule has 1 saturated carbocycles. The van der Waals surface area contributed by atoms with Crippen LogP contribution in [0.2, 0.25) is 0 Å². The zero-order valence-electron chi connectivity index (χ0n) is 11.4. The van der Waals surface area contributed by atoms with Crippen LogP contribution in [0.4, 0.5) is 26.3 Å². The monoisotopic (exact) mass is 328 g/mol. The van der Waals surface area contributed by atoms with E-state index in [1.165, 1.54) is 0 Å². The highest BCUT2D eigenvalue weighted by Crippen LogP contribution is 2.35. The van der Waals surface area contributed by atoms with Crippen LogP contribution in [0, 0.1) is 0 Å². The molecule has 1 aromatic heterocycles. The molecule has 1 aromatic rings. The van der Waals surface area contributed by atoms with E-state index in [9.17, 15) is 31.1 Å². The fourth-order valence-corrected chi connectivity index (χ4v) is 2.47. The van der Waals surface area contributed by atoms with Crippen molar-refractivity contribution in [1.29, 1.82) is 0 Å². The summed E-state index contributed by atoms with van der Waals surface area (Å²) in [7, 11) is 0. The minimum Gasteiger partial charge on any atom is -0.291 e. The number of carbonyl (C=O) groups is 1. The Morgan fingerprint density at radius 3 is 2.05 bits per heavy atom. The van der Waals surface area contributed by atoms with E-state index in [1.807, 2.05) is 5.10 Å². The Morgan fingerprint density at radius 2 is 1.59 bits per heavy atom. The molecule has 1 fully saturated rings. The molecule has 2 aliphatic carbocycles. The first kappa shape index (κ1) is 16.8. The van der Waals surface area contributed by atoms with E-state index in [0.717, 1.165) is 12.8 Å². The number of fused-ring (bicyclic) bond motifs is 1. The average Bonchev–Trinajstić information content (AvgIpc) is 2.95. The van der Waals surface area contributed by atoms with Crippen LogP contribution in [0.5, 0.6) is 0 Å². The molecule has 0 amide bonds. The van der Waals surface area contributed by atoms with Crippen molar-refractivity contribution in [2.24, 2.45) is 0 Å². The Morgan fingerprint density at radius 1 is 1.05 bits per heavy atom. The molecule has 1 heterocycles. The van der Waals surface area contributed by atoms with Crippen molar-refractivity contribution in [3.05, 3.63) is 17.0 Å². The predicted octanol–water partition coefficient (Wildman–Crippen LogP) is 3.74. The second-order valence-electron chi connectivity index (χ2n) is 5.28. The number of halogens is 6. The fourth-order valence-electron chi connectivity index (χ4n) is 2.47. The second kappa shape index (κ2) is 6.29. The highest BCUT2D eigenvalue weighted by molar-refractivity contribution is 6.04. The molecule has 3 nitrogen and oxygen atoms in total. The van der Waals surface area contributed by atoms with Crippen molar-refractivity contribution in [2.75, 3.05) is 0 Å². The summed E-state index contributed by atoms with van der Waals surface area (Å²) >= 11 is 0. The molecule has 3 unspecified atom stereocenters. The lowest BCUT2D eigenvalue weighted by molar-refractivity contribution is -0.141. The number of nitrogens with one attached hydrogen (secondary N) is 1. The van der Waals surface area contributed by atoms with Crippen LogP contribution in [0.15, 0.2) is 0 Å². The third-order valence-electron chi connectivity index (χ3n) is 3.63. The number of nitrogens with zero attached hydrogens (tertiary/aromatic N) is 1. The third kappa shape index (κ3) is 3.44. The first-order valence-electron chi connectivity index (χ1n) is 6.82. The smallest absolute Gasteiger partial charge is 0.291 e. The van der Waals surface area contributed by atoms with Gasteiger partial charge in [-0.1, -0.05) is 12.8 Å². The van der Waals surface area contributed by atoms with Crippen molar-refractivity contribution in [3.8, 4) is 0 Å². The van der Waals surface area contributed by atoms with Gasteiger partial charge >= 0.3 is 6.18 Å².